The third-order valence-corrected chi connectivity index (χ3v) is 7.21. The number of para-hydroxylation sites is 1. The van der Waals surface area contributed by atoms with Crippen molar-refractivity contribution in [1.82, 2.24) is 24.8 Å². The minimum absolute atomic E-state index is 0.00278. The average molecular weight is 518 g/mol. The number of rotatable bonds is 5. The third-order valence-electron chi connectivity index (χ3n) is 6.18. The second-order valence-electron chi connectivity index (χ2n) is 8.22. The van der Waals surface area contributed by atoms with Crippen molar-refractivity contribution in [3.05, 3.63) is 112 Å². The Morgan fingerprint density at radius 2 is 1.76 bits per heavy atom. The van der Waals surface area contributed by atoms with Gasteiger partial charge in [0.05, 0.1) is 23.5 Å². The first kappa shape index (κ1) is 21.8. The Bertz CT molecular complexity index is 1290. The molecular formula is C26H24BrN5S. The summed E-state index contributed by atoms with van der Waals surface area (Å²) in [6, 6.07) is 20.7. The molecule has 0 radical (unpaired) electrons. The Kier molecular flexibility index (Phi) is 6.00. The van der Waals surface area contributed by atoms with Crippen LogP contribution in [0.1, 0.15) is 40.3 Å². The summed E-state index contributed by atoms with van der Waals surface area (Å²) >= 11 is 9.58. The van der Waals surface area contributed by atoms with Crippen molar-refractivity contribution in [1.29, 1.82) is 0 Å². The Balaban J connectivity index is 1.63. The quantitative estimate of drug-likeness (QED) is 0.338. The smallest absolute Gasteiger partial charge is 0.170 e. The molecule has 4 aromatic rings. The maximum atomic E-state index is 5.85. The lowest BCUT2D eigenvalue weighted by Gasteiger charge is -2.28. The van der Waals surface area contributed by atoms with Crippen LogP contribution in [0.15, 0.2) is 83.7 Å². The standard InChI is InChI=1S/C26H24BrN5S/c1-17-15-20(18(2)32(17)23-9-4-3-7-21(23)27)25-24(22-8-5-6-12-29-22)30-26(33)31(25)16-19-10-13-28-14-11-19/h3-15,24-25H,16H2,1-2H3,(H,30,33)/t24-,25+/m0/s1. The summed E-state index contributed by atoms with van der Waals surface area (Å²) < 4.78 is 3.37. The fraction of sp³-hybridized carbons (Fsp3) is 0.192. The van der Waals surface area contributed by atoms with E-state index in [-0.39, 0.29) is 12.1 Å². The summed E-state index contributed by atoms with van der Waals surface area (Å²) in [6.45, 7) is 5.03. The van der Waals surface area contributed by atoms with Crippen molar-refractivity contribution in [2.45, 2.75) is 32.5 Å². The van der Waals surface area contributed by atoms with Crippen molar-refractivity contribution in [3.63, 3.8) is 0 Å². The molecule has 0 saturated carbocycles. The van der Waals surface area contributed by atoms with Gasteiger partial charge in [-0.05, 0) is 95.6 Å². The number of nitrogens with zero attached hydrogens (tertiary/aromatic N) is 4. The number of thiocarbonyl (C=S) groups is 1. The summed E-state index contributed by atoms with van der Waals surface area (Å²) in [7, 11) is 0. The zero-order chi connectivity index (χ0) is 22.9. The first-order valence-electron chi connectivity index (χ1n) is 10.9. The number of aryl methyl sites for hydroxylation is 1. The molecule has 1 aliphatic rings. The molecule has 5 rings (SSSR count). The van der Waals surface area contributed by atoms with Gasteiger partial charge in [0, 0.05) is 41.0 Å². The molecule has 4 heterocycles. The summed E-state index contributed by atoms with van der Waals surface area (Å²) in [6.07, 6.45) is 5.49. The number of pyridine rings is 2. The highest BCUT2D eigenvalue weighted by atomic mass is 79.9. The fourth-order valence-electron chi connectivity index (χ4n) is 4.69. The molecular weight excluding hydrogens is 494 g/mol. The van der Waals surface area contributed by atoms with Crippen LogP contribution in [0.2, 0.25) is 0 Å². The first-order chi connectivity index (χ1) is 16.0. The summed E-state index contributed by atoms with van der Waals surface area (Å²) in [5.74, 6) is 0. The Labute approximate surface area is 207 Å². The van der Waals surface area contributed by atoms with Crippen LogP contribution >= 0.6 is 28.1 Å². The van der Waals surface area contributed by atoms with E-state index in [1.54, 1.807) is 0 Å². The van der Waals surface area contributed by atoms with Crippen LogP contribution in [-0.2, 0) is 6.54 Å². The van der Waals surface area contributed by atoms with Gasteiger partial charge in [-0.25, -0.2) is 0 Å². The summed E-state index contributed by atoms with van der Waals surface area (Å²) in [4.78, 5) is 11.1. The molecule has 0 spiro atoms. The lowest BCUT2D eigenvalue weighted by atomic mass is 9.96. The molecule has 0 aliphatic carbocycles. The molecule has 1 saturated heterocycles. The van der Waals surface area contributed by atoms with Crippen LogP contribution in [0.5, 0.6) is 0 Å². The predicted molar refractivity (Wildman–Crippen MR) is 138 cm³/mol. The molecule has 1 fully saturated rings. The van der Waals surface area contributed by atoms with Crippen LogP contribution in [0.3, 0.4) is 0 Å². The molecule has 0 unspecified atom stereocenters. The molecule has 2 atom stereocenters. The van der Waals surface area contributed by atoms with Crippen LogP contribution in [0.25, 0.3) is 5.69 Å². The minimum atomic E-state index is -0.0475. The SMILES string of the molecule is Cc1cc([C@@H]2[C@H](c3ccccn3)NC(=S)N2Cc2ccncc2)c(C)n1-c1ccccc1Br. The van der Waals surface area contributed by atoms with E-state index >= 15 is 0 Å². The number of hydrogen-bond donors (Lipinski definition) is 1. The van der Waals surface area contributed by atoms with Crippen LogP contribution < -0.4 is 5.32 Å². The molecule has 33 heavy (non-hydrogen) atoms. The van der Waals surface area contributed by atoms with Gasteiger partial charge in [-0.1, -0.05) is 18.2 Å². The van der Waals surface area contributed by atoms with Gasteiger partial charge in [-0.3, -0.25) is 9.97 Å². The Hall–Kier alpha value is -3.03. The Morgan fingerprint density at radius 3 is 2.48 bits per heavy atom. The van der Waals surface area contributed by atoms with Gasteiger partial charge in [0.1, 0.15) is 0 Å². The third kappa shape index (κ3) is 4.07. The normalized spacial score (nSPS) is 17.9. The van der Waals surface area contributed by atoms with Crippen molar-refractivity contribution in [2.75, 3.05) is 0 Å². The lowest BCUT2D eigenvalue weighted by Crippen LogP contribution is -2.29. The number of benzene rings is 1. The number of aromatic nitrogens is 3. The highest BCUT2D eigenvalue weighted by Gasteiger charge is 2.41. The molecule has 1 aromatic carbocycles. The van der Waals surface area contributed by atoms with E-state index in [2.05, 4.69) is 84.9 Å². The van der Waals surface area contributed by atoms with E-state index in [4.69, 9.17) is 12.2 Å². The molecule has 0 amide bonds. The number of nitrogens with one attached hydrogen (secondary N) is 1. The fourth-order valence-corrected chi connectivity index (χ4v) is 5.46. The van der Waals surface area contributed by atoms with Crippen LogP contribution in [-0.4, -0.2) is 24.5 Å². The molecule has 1 N–H and O–H groups in total. The van der Waals surface area contributed by atoms with E-state index in [0.717, 1.165) is 21.0 Å². The highest BCUT2D eigenvalue weighted by Crippen LogP contribution is 2.42. The van der Waals surface area contributed by atoms with Gasteiger partial charge in [-0.2, -0.15) is 0 Å². The number of hydrogen-bond acceptors (Lipinski definition) is 3. The molecule has 3 aromatic heterocycles. The van der Waals surface area contributed by atoms with Gasteiger partial charge in [0.2, 0.25) is 0 Å². The predicted octanol–water partition coefficient (Wildman–Crippen LogP) is 5.82. The zero-order valence-corrected chi connectivity index (χ0v) is 20.8. The molecule has 5 nitrogen and oxygen atoms in total. The number of halogens is 1. The largest absolute Gasteiger partial charge is 0.352 e. The van der Waals surface area contributed by atoms with Crippen molar-refractivity contribution < 1.29 is 0 Å². The molecule has 0 bridgehead atoms. The van der Waals surface area contributed by atoms with Gasteiger partial charge >= 0.3 is 0 Å². The molecule has 1 aliphatic heterocycles. The topological polar surface area (TPSA) is 46.0 Å². The van der Waals surface area contributed by atoms with Crippen molar-refractivity contribution in [3.8, 4) is 5.69 Å². The van der Waals surface area contributed by atoms with Crippen molar-refractivity contribution in [2.24, 2.45) is 0 Å². The van der Waals surface area contributed by atoms with E-state index < -0.39 is 0 Å². The van der Waals surface area contributed by atoms with E-state index in [0.29, 0.717) is 6.54 Å². The highest BCUT2D eigenvalue weighted by molar-refractivity contribution is 9.10. The average Bonchev–Trinajstić information content (AvgIpc) is 3.30. The summed E-state index contributed by atoms with van der Waals surface area (Å²) in [5.41, 5.74) is 6.88. The van der Waals surface area contributed by atoms with Gasteiger partial charge in [-0.15, -0.1) is 0 Å². The van der Waals surface area contributed by atoms with Crippen LogP contribution in [0, 0.1) is 13.8 Å². The van der Waals surface area contributed by atoms with E-state index in [1.807, 2.05) is 48.9 Å². The maximum absolute atomic E-state index is 5.85. The van der Waals surface area contributed by atoms with E-state index in [1.165, 1.54) is 22.5 Å². The lowest BCUT2D eigenvalue weighted by molar-refractivity contribution is 0.310. The van der Waals surface area contributed by atoms with Crippen molar-refractivity contribution >= 4 is 33.3 Å². The second-order valence-corrected chi connectivity index (χ2v) is 9.46. The molecule has 7 heteroatoms. The van der Waals surface area contributed by atoms with Crippen LogP contribution in [0.4, 0.5) is 0 Å². The van der Waals surface area contributed by atoms with Gasteiger partial charge in [0.15, 0.2) is 5.11 Å². The summed E-state index contributed by atoms with van der Waals surface area (Å²) in [5, 5.41) is 4.29. The first-order valence-corrected chi connectivity index (χ1v) is 12.1. The second kappa shape index (κ2) is 9.08. The minimum Gasteiger partial charge on any atom is -0.352 e. The Morgan fingerprint density at radius 1 is 1.00 bits per heavy atom. The van der Waals surface area contributed by atoms with Gasteiger partial charge in [0.25, 0.3) is 0 Å². The van der Waals surface area contributed by atoms with Gasteiger partial charge < -0.3 is 14.8 Å². The monoisotopic (exact) mass is 517 g/mol. The zero-order valence-electron chi connectivity index (χ0n) is 18.4. The van der Waals surface area contributed by atoms with E-state index in [9.17, 15) is 0 Å². The maximum Gasteiger partial charge on any atom is 0.170 e. The molecule has 166 valence electrons.